The Hall–Kier alpha value is -0.780. The number of aryl methyl sites for hydroxylation is 1. The van der Waals surface area contributed by atoms with Crippen molar-refractivity contribution in [1.82, 2.24) is 5.32 Å². The van der Waals surface area contributed by atoms with Crippen LogP contribution in [-0.4, -0.2) is 6.04 Å². The van der Waals surface area contributed by atoms with Crippen molar-refractivity contribution in [3.8, 4) is 12.3 Å². The zero-order valence-electron chi connectivity index (χ0n) is 8.47. The van der Waals surface area contributed by atoms with Gasteiger partial charge in [0.25, 0.3) is 0 Å². The standard InChI is InChI=1S/C12H14BrN/c1-4-10(3)14-8-11-6-5-9(2)12(13)7-11/h1,5-7,10,14H,8H2,2-3H3. The second kappa shape index (κ2) is 5.19. The maximum absolute atomic E-state index is 5.27. The molecule has 0 aromatic heterocycles. The molecular weight excluding hydrogens is 238 g/mol. The smallest absolute Gasteiger partial charge is 0.0660 e. The van der Waals surface area contributed by atoms with Crippen LogP contribution in [-0.2, 0) is 6.54 Å². The molecule has 0 radical (unpaired) electrons. The predicted molar refractivity (Wildman–Crippen MR) is 64.0 cm³/mol. The van der Waals surface area contributed by atoms with Gasteiger partial charge in [-0.05, 0) is 31.0 Å². The zero-order chi connectivity index (χ0) is 10.6. The van der Waals surface area contributed by atoms with E-state index in [1.165, 1.54) is 11.1 Å². The minimum absolute atomic E-state index is 0.120. The molecule has 0 heterocycles. The summed E-state index contributed by atoms with van der Waals surface area (Å²) in [5, 5.41) is 3.24. The van der Waals surface area contributed by atoms with Gasteiger partial charge in [-0.25, -0.2) is 0 Å². The molecule has 14 heavy (non-hydrogen) atoms. The zero-order valence-corrected chi connectivity index (χ0v) is 10.1. The Morgan fingerprint density at radius 1 is 1.57 bits per heavy atom. The minimum Gasteiger partial charge on any atom is -0.300 e. The molecule has 0 saturated carbocycles. The van der Waals surface area contributed by atoms with Gasteiger partial charge in [0.15, 0.2) is 0 Å². The predicted octanol–water partition coefficient (Wildman–Crippen LogP) is 2.87. The lowest BCUT2D eigenvalue weighted by Crippen LogP contribution is -2.23. The quantitative estimate of drug-likeness (QED) is 0.815. The summed E-state index contributed by atoms with van der Waals surface area (Å²) in [6, 6.07) is 6.44. The number of benzene rings is 1. The average molecular weight is 252 g/mol. The van der Waals surface area contributed by atoms with Crippen LogP contribution in [0.3, 0.4) is 0 Å². The molecule has 0 aliphatic carbocycles. The van der Waals surface area contributed by atoms with Gasteiger partial charge in [-0.1, -0.05) is 34.0 Å². The van der Waals surface area contributed by atoms with Gasteiger partial charge in [-0.2, -0.15) is 0 Å². The van der Waals surface area contributed by atoms with Gasteiger partial charge < -0.3 is 0 Å². The number of hydrogen-bond donors (Lipinski definition) is 1. The van der Waals surface area contributed by atoms with Crippen LogP contribution in [0.5, 0.6) is 0 Å². The van der Waals surface area contributed by atoms with Gasteiger partial charge >= 0.3 is 0 Å². The molecule has 74 valence electrons. The fourth-order valence-electron chi connectivity index (χ4n) is 1.08. The Labute approximate surface area is 94.0 Å². The first-order valence-electron chi connectivity index (χ1n) is 4.58. The lowest BCUT2D eigenvalue weighted by atomic mass is 10.1. The molecule has 1 nitrogen and oxygen atoms in total. The van der Waals surface area contributed by atoms with E-state index in [4.69, 9.17) is 6.42 Å². The maximum Gasteiger partial charge on any atom is 0.0660 e. The summed E-state index contributed by atoms with van der Waals surface area (Å²) in [4.78, 5) is 0. The molecule has 0 bridgehead atoms. The summed E-state index contributed by atoms with van der Waals surface area (Å²) in [7, 11) is 0. The lowest BCUT2D eigenvalue weighted by Gasteiger charge is -2.08. The summed E-state index contributed by atoms with van der Waals surface area (Å²) >= 11 is 3.50. The summed E-state index contributed by atoms with van der Waals surface area (Å²) in [5.41, 5.74) is 2.49. The van der Waals surface area contributed by atoms with Crippen LogP contribution in [0.15, 0.2) is 22.7 Å². The van der Waals surface area contributed by atoms with Gasteiger partial charge in [0, 0.05) is 11.0 Å². The molecular formula is C12H14BrN. The van der Waals surface area contributed by atoms with Crippen LogP contribution in [0.2, 0.25) is 0 Å². The van der Waals surface area contributed by atoms with Crippen molar-refractivity contribution in [2.24, 2.45) is 0 Å². The van der Waals surface area contributed by atoms with E-state index in [1.807, 2.05) is 6.92 Å². The Kier molecular flexibility index (Phi) is 4.19. The topological polar surface area (TPSA) is 12.0 Å². The van der Waals surface area contributed by atoms with Crippen molar-refractivity contribution < 1.29 is 0 Å². The molecule has 1 unspecified atom stereocenters. The van der Waals surface area contributed by atoms with Crippen LogP contribution in [0.1, 0.15) is 18.1 Å². The molecule has 1 aromatic carbocycles. The number of rotatable bonds is 3. The molecule has 0 spiro atoms. The Morgan fingerprint density at radius 3 is 2.86 bits per heavy atom. The summed E-state index contributed by atoms with van der Waals surface area (Å²) in [6.45, 7) is 4.86. The highest BCUT2D eigenvalue weighted by Gasteiger charge is 1.99. The minimum atomic E-state index is 0.120. The van der Waals surface area contributed by atoms with Crippen molar-refractivity contribution in [2.75, 3.05) is 0 Å². The second-order valence-corrected chi connectivity index (χ2v) is 4.21. The third kappa shape index (κ3) is 3.17. The second-order valence-electron chi connectivity index (χ2n) is 3.35. The van der Waals surface area contributed by atoms with Crippen molar-refractivity contribution in [2.45, 2.75) is 26.4 Å². The van der Waals surface area contributed by atoms with E-state index in [2.05, 4.69) is 52.3 Å². The molecule has 0 aliphatic heterocycles. The van der Waals surface area contributed by atoms with E-state index in [9.17, 15) is 0 Å². The molecule has 0 saturated heterocycles. The summed E-state index contributed by atoms with van der Waals surface area (Å²) in [5.74, 6) is 2.64. The van der Waals surface area contributed by atoms with Crippen molar-refractivity contribution in [3.05, 3.63) is 33.8 Å². The number of terminal acetylenes is 1. The van der Waals surface area contributed by atoms with Crippen molar-refractivity contribution in [3.63, 3.8) is 0 Å². The number of hydrogen-bond acceptors (Lipinski definition) is 1. The number of halogens is 1. The molecule has 2 heteroatoms. The van der Waals surface area contributed by atoms with E-state index in [1.54, 1.807) is 0 Å². The maximum atomic E-state index is 5.27. The van der Waals surface area contributed by atoms with Crippen molar-refractivity contribution >= 4 is 15.9 Å². The van der Waals surface area contributed by atoms with Gasteiger partial charge in [-0.3, -0.25) is 5.32 Å². The summed E-state index contributed by atoms with van der Waals surface area (Å²) < 4.78 is 1.14. The SMILES string of the molecule is C#CC(C)NCc1ccc(C)c(Br)c1. The van der Waals surface area contributed by atoms with Crippen LogP contribution >= 0.6 is 15.9 Å². The van der Waals surface area contributed by atoms with E-state index >= 15 is 0 Å². The first-order valence-corrected chi connectivity index (χ1v) is 5.37. The number of nitrogens with one attached hydrogen (secondary N) is 1. The molecule has 1 N–H and O–H groups in total. The molecule has 1 rings (SSSR count). The van der Waals surface area contributed by atoms with Crippen LogP contribution < -0.4 is 5.32 Å². The average Bonchev–Trinajstić information content (AvgIpc) is 2.19. The Bertz CT molecular complexity index is 352. The Morgan fingerprint density at radius 2 is 2.29 bits per heavy atom. The van der Waals surface area contributed by atoms with E-state index in [-0.39, 0.29) is 6.04 Å². The van der Waals surface area contributed by atoms with Crippen LogP contribution in [0.25, 0.3) is 0 Å². The highest BCUT2D eigenvalue weighted by molar-refractivity contribution is 9.10. The molecule has 0 aliphatic rings. The fourth-order valence-corrected chi connectivity index (χ4v) is 1.50. The van der Waals surface area contributed by atoms with E-state index in [0.29, 0.717) is 0 Å². The van der Waals surface area contributed by atoms with Gasteiger partial charge in [0.1, 0.15) is 0 Å². The normalized spacial score (nSPS) is 12.1. The molecule has 1 atom stereocenters. The van der Waals surface area contributed by atoms with Crippen LogP contribution in [0, 0.1) is 19.3 Å². The molecule has 0 fully saturated rings. The third-order valence-electron chi connectivity index (χ3n) is 2.10. The first-order chi connectivity index (χ1) is 6.63. The van der Waals surface area contributed by atoms with Gasteiger partial charge in [0.05, 0.1) is 6.04 Å². The lowest BCUT2D eigenvalue weighted by molar-refractivity contribution is 0.648. The van der Waals surface area contributed by atoms with Crippen LogP contribution in [0.4, 0.5) is 0 Å². The van der Waals surface area contributed by atoms with Crippen molar-refractivity contribution in [1.29, 1.82) is 0 Å². The van der Waals surface area contributed by atoms with Gasteiger partial charge in [-0.15, -0.1) is 6.42 Å². The first kappa shape index (κ1) is 11.3. The molecule has 1 aromatic rings. The highest BCUT2D eigenvalue weighted by Crippen LogP contribution is 2.17. The van der Waals surface area contributed by atoms with E-state index < -0.39 is 0 Å². The monoisotopic (exact) mass is 251 g/mol. The van der Waals surface area contributed by atoms with Gasteiger partial charge in [0.2, 0.25) is 0 Å². The highest BCUT2D eigenvalue weighted by atomic mass is 79.9. The largest absolute Gasteiger partial charge is 0.300 e. The third-order valence-corrected chi connectivity index (χ3v) is 2.95. The molecule has 0 amide bonds. The van der Waals surface area contributed by atoms with E-state index in [0.717, 1.165) is 11.0 Å². The Balaban J connectivity index is 2.61. The fraction of sp³-hybridized carbons (Fsp3) is 0.333. The summed E-state index contributed by atoms with van der Waals surface area (Å²) in [6.07, 6.45) is 5.27.